The topological polar surface area (TPSA) is 99.2 Å². The highest BCUT2D eigenvalue weighted by molar-refractivity contribution is 7.99. The average Bonchev–Trinajstić information content (AvgIpc) is 3.42. The first-order chi connectivity index (χ1) is 16.8. The average molecular weight is 513 g/mol. The van der Waals surface area contributed by atoms with E-state index in [-0.39, 0.29) is 29.8 Å². The zero-order valence-corrected chi connectivity index (χ0v) is 21.4. The molecule has 184 valence electrons. The van der Waals surface area contributed by atoms with Crippen LogP contribution in [0.5, 0.6) is 0 Å². The van der Waals surface area contributed by atoms with Gasteiger partial charge in [-0.3, -0.25) is 9.48 Å². The van der Waals surface area contributed by atoms with E-state index in [9.17, 15) is 4.79 Å². The predicted octanol–water partition coefficient (Wildman–Crippen LogP) is 3.77. The number of piperidine rings is 1. The molecule has 2 atom stereocenters. The molecule has 4 heterocycles. The Kier molecular flexibility index (Phi) is 6.85. The Balaban J connectivity index is 1.22. The minimum atomic E-state index is -0.0679. The van der Waals surface area contributed by atoms with Crippen LogP contribution in [0, 0.1) is 5.41 Å². The van der Waals surface area contributed by atoms with Crippen molar-refractivity contribution < 1.29 is 9.53 Å². The molecule has 0 radical (unpaired) electrons. The lowest BCUT2D eigenvalue weighted by Crippen LogP contribution is -2.50. The second-order valence-electron chi connectivity index (χ2n) is 9.41. The van der Waals surface area contributed by atoms with E-state index in [1.165, 1.54) is 11.8 Å². The quantitative estimate of drug-likeness (QED) is 0.498. The van der Waals surface area contributed by atoms with Gasteiger partial charge in [-0.05, 0) is 37.5 Å². The van der Waals surface area contributed by atoms with Crippen LogP contribution in [0.3, 0.4) is 0 Å². The lowest BCUT2D eigenvalue weighted by molar-refractivity contribution is 0.0973. The van der Waals surface area contributed by atoms with Gasteiger partial charge in [0, 0.05) is 49.1 Å². The van der Waals surface area contributed by atoms with Gasteiger partial charge in [-0.15, -0.1) is 0 Å². The first kappa shape index (κ1) is 24.2. The monoisotopic (exact) mass is 512 g/mol. The van der Waals surface area contributed by atoms with Gasteiger partial charge in [-0.2, -0.15) is 5.10 Å². The highest BCUT2D eigenvalue weighted by atomic mass is 35.5. The number of ether oxygens (including phenoxy) is 1. The molecule has 0 aliphatic carbocycles. The number of anilines is 1. The summed E-state index contributed by atoms with van der Waals surface area (Å²) in [7, 11) is 1.79. The summed E-state index contributed by atoms with van der Waals surface area (Å²) in [4.78, 5) is 25.0. The fraction of sp³-hybridized carbons (Fsp3) is 0.440. The Hall–Kier alpha value is -2.46. The number of carbonyl (C=O) groups excluding carboxylic acids is 1. The van der Waals surface area contributed by atoms with Crippen LogP contribution in [0.2, 0.25) is 5.02 Å². The molecule has 2 fully saturated rings. The van der Waals surface area contributed by atoms with Crippen LogP contribution in [-0.4, -0.2) is 57.4 Å². The molecule has 2 saturated heterocycles. The van der Waals surface area contributed by atoms with Gasteiger partial charge in [0.25, 0.3) is 0 Å². The standard InChI is InChI=1S/C25H29ClN6O2S/c1-16-24(27)25(15-34-16)7-10-32(11-8-25)21-13-29-22(14-28-21)35-20-5-3-4-17(23(20)26)12-19(33)18-6-9-31(2)30-18/h3-6,9,13-14,16,24H,7-8,10-12,15,27H2,1-2H3/t16-,24+/m0/s1. The summed E-state index contributed by atoms with van der Waals surface area (Å²) in [6, 6.07) is 7.50. The van der Waals surface area contributed by atoms with Crippen molar-refractivity contribution in [2.45, 2.75) is 48.3 Å². The van der Waals surface area contributed by atoms with E-state index < -0.39 is 0 Å². The normalized spacial score (nSPS) is 21.5. The van der Waals surface area contributed by atoms with Crippen LogP contribution in [0.4, 0.5) is 5.82 Å². The molecule has 10 heteroatoms. The van der Waals surface area contributed by atoms with Crippen molar-refractivity contribution in [2.75, 3.05) is 24.6 Å². The third-order valence-corrected chi connectivity index (χ3v) is 8.69. The van der Waals surface area contributed by atoms with Crippen LogP contribution >= 0.6 is 23.4 Å². The van der Waals surface area contributed by atoms with Crippen molar-refractivity contribution in [3.63, 3.8) is 0 Å². The van der Waals surface area contributed by atoms with Crippen LogP contribution in [0.1, 0.15) is 35.8 Å². The molecule has 3 aromatic rings. The zero-order valence-electron chi connectivity index (χ0n) is 19.9. The third kappa shape index (κ3) is 4.95. The van der Waals surface area contributed by atoms with E-state index in [0.717, 1.165) is 53.8 Å². The van der Waals surface area contributed by atoms with E-state index in [1.54, 1.807) is 30.2 Å². The number of rotatable bonds is 6. The molecular weight excluding hydrogens is 484 g/mol. The molecule has 0 amide bonds. The molecule has 2 aromatic heterocycles. The minimum absolute atomic E-state index is 0.0679. The van der Waals surface area contributed by atoms with E-state index in [2.05, 4.69) is 26.9 Å². The number of halogens is 1. The third-order valence-electron chi connectivity index (χ3n) is 7.15. The fourth-order valence-electron chi connectivity index (χ4n) is 4.89. The van der Waals surface area contributed by atoms with Crippen molar-refractivity contribution in [1.29, 1.82) is 0 Å². The maximum Gasteiger partial charge on any atom is 0.187 e. The van der Waals surface area contributed by atoms with Crippen LogP contribution in [0.25, 0.3) is 0 Å². The van der Waals surface area contributed by atoms with Crippen molar-refractivity contribution in [3.8, 4) is 0 Å². The number of carbonyl (C=O) groups is 1. The largest absolute Gasteiger partial charge is 0.376 e. The van der Waals surface area contributed by atoms with Gasteiger partial charge < -0.3 is 15.4 Å². The Bertz CT molecular complexity index is 1210. The first-order valence-electron chi connectivity index (χ1n) is 11.8. The van der Waals surface area contributed by atoms with Gasteiger partial charge in [0.05, 0.1) is 30.1 Å². The van der Waals surface area contributed by atoms with Gasteiger partial charge in [0.1, 0.15) is 16.5 Å². The van der Waals surface area contributed by atoms with Crippen molar-refractivity contribution in [3.05, 3.63) is 59.1 Å². The van der Waals surface area contributed by atoms with Crippen LogP contribution in [-0.2, 0) is 18.2 Å². The molecule has 1 spiro atoms. The summed E-state index contributed by atoms with van der Waals surface area (Å²) >= 11 is 8.09. The SMILES string of the molecule is C[C@@H]1OCC2(CCN(c3cnc(Sc4cccc(CC(=O)c5ccn(C)n5)c4Cl)cn3)CC2)[C@@H]1N. The molecule has 0 saturated carbocycles. The van der Waals surface area contributed by atoms with Gasteiger partial charge in [0.2, 0.25) is 0 Å². The number of hydrogen-bond acceptors (Lipinski definition) is 8. The lowest BCUT2D eigenvalue weighted by atomic mass is 9.73. The summed E-state index contributed by atoms with van der Waals surface area (Å²) in [5, 5.41) is 5.49. The molecular formula is C25H29ClN6O2S. The highest BCUT2D eigenvalue weighted by Crippen LogP contribution is 2.42. The van der Waals surface area contributed by atoms with Gasteiger partial charge >= 0.3 is 0 Å². The Labute approximate surface area is 214 Å². The Morgan fingerprint density at radius 1 is 1.26 bits per heavy atom. The van der Waals surface area contributed by atoms with Crippen molar-refractivity contribution in [2.24, 2.45) is 18.2 Å². The number of ketones is 1. The maximum atomic E-state index is 12.6. The van der Waals surface area contributed by atoms with Crippen LogP contribution < -0.4 is 10.6 Å². The summed E-state index contributed by atoms with van der Waals surface area (Å²) in [5.41, 5.74) is 7.72. The number of aromatic nitrogens is 4. The summed E-state index contributed by atoms with van der Waals surface area (Å²) in [5.74, 6) is 0.798. The van der Waals surface area contributed by atoms with E-state index in [4.69, 9.17) is 22.1 Å². The number of aryl methyl sites for hydroxylation is 1. The molecule has 0 bridgehead atoms. The molecule has 0 unspecified atom stereocenters. The smallest absolute Gasteiger partial charge is 0.187 e. The molecule has 5 rings (SSSR count). The molecule has 35 heavy (non-hydrogen) atoms. The van der Waals surface area contributed by atoms with E-state index in [1.807, 2.05) is 24.4 Å². The number of Topliss-reactive ketones (excluding diaryl/α,β-unsaturated/α-hetero) is 1. The second-order valence-corrected chi connectivity index (χ2v) is 10.9. The van der Waals surface area contributed by atoms with Gasteiger partial charge in [0.15, 0.2) is 5.78 Å². The summed E-state index contributed by atoms with van der Waals surface area (Å²) in [6.45, 7) is 4.60. The predicted molar refractivity (Wildman–Crippen MR) is 136 cm³/mol. The maximum absolute atomic E-state index is 12.6. The highest BCUT2D eigenvalue weighted by Gasteiger charge is 2.47. The second kappa shape index (κ2) is 9.89. The van der Waals surface area contributed by atoms with E-state index >= 15 is 0 Å². The number of benzene rings is 1. The first-order valence-corrected chi connectivity index (χ1v) is 13.0. The number of hydrogen-bond donors (Lipinski definition) is 1. The van der Waals surface area contributed by atoms with Gasteiger partial charge in [-0.1, -0.05) is 35.5 Å². The molecule has 2 N–H and O–H groups in total. The zero-order chi connectivity index (χ0) is 24.6. The minimum Gasteiger partial charge on any atom is -0.376 e. The van der Waals surface area contributed by atoms with Crippen LogP contribution in [0.15, 0.2) is 52.8 Å². The molecule has 2 aliphatic heterocycles. The Morgan fingerprint density at radius 3 is 2.69 bits per heavy atom. The van der Waals surface area contributed by atoms with E-state index in [0.29, 0.717) is 10.7 Å². The van der Waals surface area contributed by atoms with Gasteiger partial charge in [-0.25, -0.2) is 9.97 Å². The lowest BCUT2D eigenvalue weighted by Gasteiger charge is -2.41. The van der Waals surface area contributed by atoms with Crippen molar-refractivity contribution in [1.82, 2.24) is 19.7 Å². The number of nitrogens with two attached hydrogens (primary N) is 1. The Morgan fingerprint density at radius 2 is 2.06 bits per heavy atom. The fourth-order valence-corrected chi connectivity index (χ4v) is 6.00. The summed E-state index contributed by atoms with van der Waals surface area (Å²) in [6.07, 6.45) is 7.65. The molecule has 1 aromatic carbocycles. The molecule has 2 aliphatic rings. The molecule has 8 nitrogen and oxygen atoms in total. The van der Waals surface area contributed by atoms with Crippen molar-refractivity contribution >= 4 is 35.0 Å². The number of nitrogens with zero attached hydrogens (tertiary/aromatic N) is 5. The summed E-state index contributed by atoms with van der Waals surface area (Å²) < 4.78 is 7.44.